The van der Waals surface area contributed by atoms with Crippen LogP contribution in [0.1, 0.15) is 49.9 Å². The van der Waals surface area contributed by atoms with Gasteiger partial charge in [0.2, 0.25) is 0 Å². The van der Waals surface area contributed by atoms with Gasteiger partial charge < -0.3 is 14.8 Å². The summed E-state index contributed by atoms with van der Waals surface area (Å²) in [5.41, 5.74) is 0.0852. The van der Waals surface area contributed by atoms with Crippen molar-refractivity contribution in [2.24, 2.45) is 0 Å². The third kappa shape index (κ3) is 3.25. The molecule has 3 nitrogen and oxygen atoms in total. The molecule has 0 aliphatic carbocycles. The summed E-state index contributed by atoms with van der Waals surface area (Å²) < 4.78 is 11.6. The van der Waals surface area contributed by atoms with Crippen LogP contribution in [0.4, 0.5) is 0 Å². The van der Waals surface area contributed by atoms with E-state index in [1.807, 2.05) is 11.3 Å². The van der Waals surface area contributed by atoms with Crippen LogP contribution in [0.25, 0.3) is 0 Å². The summed E-state index contributed by atoms with van der Waals surface area (Å²) in [6.07, 6.45) is 5.53. The molecule has 0 saturated carbocycles. The van der Waals surface area contributed by atoms with E-state index in [0.29, 0.717) is 12.1 Å². The molecule has 3 rings (SSSR count). The van der Waals surface area contributed by atoms with Crippen molar-refractivity contribution in [3.05, 3.63) is 22.4 Å². The van der Waals surface area contributed by atoms with Gasteiger partial charge in [-0.25, -0.2) is 0 Å². The van der Waals surface area contributed by atoms with Gasteiger partial charge in [0.25, 0.3) is 0 Å². The standard InChI is InChI=1S/C16H25NO2S/c1-2-14(15-4-3-11-20-15)17-13-5-8-19-16(12-13)6-9-18-10-7-16/h3-4,11,13-14,17H,2,5-10,12H2,1H3. The second-order valence-corrected chi connectivity index (χ2v) is 6.96. The van der Waals surface area contributed by atoms with Crippen LogP contribution in [0.15, 0.2) is 17.5 Å². The van der Waals surface area contributed by atoms with Gasteiger partial charge in [-0.3, -0.25) is 0 Å². The Labute approximate surface area is 125 Å². The predicted octanol–water partition coefficient (Wildman–Crippen LogP) is 3.52. The molecule has 2 aliphatic rings. The molecule has 1 aromatic rings. The van der Waals surface area contributed by atoms with E-state index in [9.17, 15) is 0 Å². The fourth-order valence-electron chi connectivity index (χ4n) is 3.44. The Morgan fingerprint density at radius 1 is 1.40 bits per heavy atom. The highest BCUT2D eigenvalue weighted by Crippen LogP contribution is 2.35. The highest BCUT2D eigenvalue weighted by molar-refractivity contribution is 7.10. The topological polar surface area (TPSA) is 30.5 Å². The summed E-state index contributed by atoms with van der Waals surface area (Å²) >= 11 is 1.86. The first-order valence-corrected chi connectivity index (χ1v) is 8.70. The first kappa shape index (κ1) is 14.5. The highest BCUT2D eigenvalue weighted by Gasteiger charge is 2.39. The third-order valence-corrected chi connectivity index (χ3v) is 5.61. The zero-order valence-electron chi connectivity index (χ0n) is 12.3. The second kappa shape index (κ2) is 6.56. The van der Waals surface area contributed by atoms with Crippen LogP contribution in [0, 0.1) is 0 Å². The Morgan fingerprint density at radius 2 is 2.25 bits per heavy atom. The van der Waals surface area contributed by atoms with Crippen LogP contribution >= 0.6 is 11.3 Å². The lowest BCUT2D eigenvalue weighted by Crippen LogP contribution is -2.50. The Kier molecular flexibility index (Phi) is 4.76. The van der Waals surface area contributed by atoms with E-state index in [0.717, 1.165) is 51.9 Å². The molecule has 3 heterocycles. The summed E-state index contributed by atoms with van der Waals surface area (Å²) in [4.78, 5) is 1.46. The van der Waals surface area contributed by atoms with Gasteiger partial charge in [-0.15, -0.1) is 11.3 Å². The number of hydrogen-bond acceptors (Lipinski definition) is 4. The third-order valence-electron chi connectivity index (χ3n) is 4.63. The molecule has 0 bridgehead atoms. The first-order valence-electron chi connectivity index (χ1n) is 7.82. The van der Waals surface area contributed by atoms with Gasteiger partial charge in [-0.1, -0.05) is 13.0 Å². The minimum absolute atomic E-state index is 0.0852. The maximum Gasteiger partial charge on any atom is 0.0741 e. The van der Waals surface area contributed by atoms with Gasteiger partial charge in [-0.2, -0.15) is 0 Å². The fourth-order valence-corrected chi connectivity index (χ4v) is 4.31. The van der Waals surface area contributed by atoms with E-state index < -0.39 is 0 Å². The van der Waals surface area contributed by atoms with Gasteiger partial charge in [0, 0.05) is 36.8 Å². The van der Waals surface area contributed by atoms with Gasteiger partial charge in [0.15, 0.2) is 0 Å². The molecular weight excluding hydrogens is 270 g/mol. The van der Waals surface area contributed by atoms with Crippen molar-refractivity contribution in [2.75, 3.05) is 19.8 Å². The van der Waals surface area contributed by atoms with Crippen LogP contribution in [0.2, 0.25) is 0 Å². The highest BCUT2D eigenvalue weighted by atomic mass is 32.1. The molecule has 0 radical (unpaired) electrons. The van der Waals surface area contributed by atoms with Gasteiger partial charge in [-0.05, 0) is 43.6 Å². The molecule has 1 aromatic heterocycles. The van der Waals surface area contributed by atoms with Crippen molar-refractivity contribution in [2.45, 2.75) is 56.7 Å². The molecule has 1 N–H and O–H groups in total. The number of rotatable bonds is 4. The number of nitrogens with one attached hydrogen (secondary N) is 1. The van der Waals surface area contributed by atoms with Gasteiger partial charge in [0.05, 0.1) is 5.60 Å². The molecule has 112 valence electrons. The maximum atomic E-state index is 6.13. The number of thiophene rings is 1. The minimum atomic E-state index is 0.0852. The molecule has 2 aliphatic heterocycles. The lowest BCUT2D eigenvalue weighted by Gasteiger charge is -2.44. The Bertz CT molecular complexity index is 395. The van der Waals surface area contributed by atoms with E-state index in [-0.39, 0.29) is 5.60 Å². The van der Waals surface area contributed by atoms with E-state index >= 15 is 0 Å². The zero-order valence-corrected chi connectivity index (χ0v) is 13.1. The molecule has 0 amide bonds. The molecule has 1 spiro atoms. The molecule has 20 heavy (non-hydrogen) atoms. The summed E-state index contributed by atoms with van der Waals surface area (Å²) in [6.45, 7) is 4.86. The molecule has 4 heteroatoms. The molecule has 2 unspecified atom stereocenters. The van der Waals surface area contributed by atoms with Crippen LogP contribution in [0.5, 0.6) is 0 Å². The summed E-state index contributed by atoms with van der Waals surface area (Å²) in [7, 11) is 0. The van der Waals surface area contributed by atoms with Crippen molar-refractivity contribution >= 4 is 11.3 Å². The van der Waals surface area contributed by atoms with E-state index in [4.69, 9.17) is 9.47 Å². The maximum absolute atomic E-state index is 6.13. The zero-order chi connectivity index (χ0) is 13.8. The second-order valence-electron chi connectivity index (χ2n) is 5.98. The quantitative estimate of drug-likeness (QED) is 0.922. The molecular formula is C16H25NO2S. The van der Waals surface area contributed by atoms with Gasteiger partial charge >= 0.3 is 0 Å². The predicted molar refractivity (Wildman–Crippen MR) is 82.2 cm³/mol. The summed E-state index contributed by atoms with van der Waals surface area (Å²) in [5.74, 6) is 0. The van der Waals surface area contributed by atoms with Crippen LogP contribution in [-0.2, 0) is 9.47 Å². The van der Waals surface area contributed by atoms with Crippen LogP contribution in [-0.4, -0.2) is 31.5 Å². The van der Waals surface area contributed by atoms with Crippen LogP contribution in [0.3, 0.4) is 0 Å². The SMILES string of the molecule is CCC(NC1CCOC2(CCOCC2)C1)c1cccs1. The largest absolute Gasteiger partial charge is 0.381 e. The van der Waals surface area contributed by atoms with Crippen molar-refractivity contribution < 1.29 is 9.47 Å². The normalized spacial score (nSPS) is 27.6. The average molecular weight is 295 g/mol. The first-order chi connectivity index (χ1) is 9.81. The van der Waals surface area contributed by atoms with E-state index in [1.165, 1.54) is 4.88 Å². The lowest BCUT2D eigenvalue weighted by molar-refractivity contribution is -0.141. The number of hydrogen-bond donors (Lipinski definition) is 1. The van der Waals surface area contributed by atoms with E-state index in [2.05, 4.69) is 29.8 Å². The Hall–Kier alpha value is -0.420. The Balaban J connectivity index is 1.62. The van der Waals surface area contributed by atoms with Crippen molar-refractivity contribution in [3.8, 4) is 0 Å². The van der Waals surface area contributed by atoms with Crippen molar-refractivity contribution in [1.82, 2.24) is 5.32 Å². The molecule has 2 fully saturated rings. The monoisotopic (exact) mass is 295 g/mol. The summed E-state index contributed by atoms with van der Waals surface area (Å²) in [5, 5.41) is 6.04. The fraction of sp³-hybridized carbons (Fsp3) is 0.750. The molecule has 2 saturated heterocycles. The minimum Gasteiger partial charge on any atom is -0.381 e. The lowest BCUT2D eigenvalue weighted by atomic mass is 9.84. The van der Waals surface area contributed by atoms with Crippen LogP contribution < -0.4 is 5.32 Å². The van der Waals surface area contributed by atoms with E-state index in [1.54, 1.807) is 0 Å². The Morgan fingerprint density at radius 3 is 2.95 bits per heavy atom. The summed E-state index contributed by atoms with van der Waals surface area (Å²) in [6, 6.07) is 5.47. The smallest absolute Gasteiger partial charge is 0.0741 e. The molecule has 2 atom stereocenters. The molecule has 0 aromatic carbocycles. The average Bonchev–Trinajstić information content (AvgIpc) is 3.00. The van der Waals surface area contributed by atoms with Crippen molar-refractivity contribution in [3.63, 3.8) is 0 Å². The van der Waals surface area contributed by atoms with Gasteiger partial charge in [0.1, 0.15) is 0 Å². The number of ether oxygens (including phenoxy) is 2. The van der Waals surface area contributed by atoms with Crippen molar-refractivity contribution in [1.29, 1.82) is 0 Å².